The minimum Gasteiger partial charge on any atom is -0.331 e. The first-order valence-electron chi connectivity index (χ1n) is 8.93. The van der Waals surface area contributed by atoms with Crippen molar-refractivity contribution in [3.05, 3.63) is 60.4 Å². The van der Waals surface area contributed by atoms with Crippen molar-refractivity contribution in [2.75, 3.05) is 7.05 Å². The maximum absolute atomic E-state index is 12.5. The first-order chi connectivity index (χ1) is 12.9. The van der Waals surface area contributed by atoms with Gasteiger partial charge >= 0.3 is 6.03 Å². The van der Waals surface area contributed by atoms with Gasteiger partial charge in [-0.2, -0.15) is 10.2 Å². The van der Waals surface area contributed by atoms with Crippen molar-refractivity contribution in [1.29, 1.82) is 0 Å². The lowest BCUT2D eigenvalue weighted by atomic mass is 10.1. The number of hydrogen-bond donors (Lipinski definition) is 1. The molecule has 0 aliphatic heterocycles. The highest BCUT2D eigenvalue weighted by Crippen LogP contribution is 2.16. The normalized spacial score (nSPS) is 12.2. The van der Waals surface area contributed by atoms with Gasteiger partial charge in [0.1, 0.15) is 12.7 Å². The molecule has 0 saturated heterocycles. The number of benzene rings is 1. The van der Waals surface area contributed by atoms with Crippen molar-refractivity contribution in [3.63, 3.8) is 0 Å². The van der Waals surface area contributed by atoms with Crippen LogP contribution in [0.3, 0.4) is 0 Å². The maximum atomic E-state index is 12.5. The van der Waals surface area contributed by atoms with Crippen LogP contribution >= 0.6 is 0 Å². The Bertz CT molecular complexity index is 868. The molecule has 3 rings (SSSR count). The van der Waals surface area contributed by atoms with Crippen molar-refractivity contribution < 1.29 is 4.79 Å². The highest BCUT2D eigenvalue weighted by molar-refractivity contribution is 5.74. The van der Waals surface area contributed by atoms with Crippen LogP contribution in [-0.4, -0.2) is 42.5 Å². The zero-order valence-electron chi connectivity index (χ0n) is 16.1. The standard InChI is InChI=1S/C19H25N7O/c1-14(2)25-11-16(9-21-25)10-24(4)19(27)23-15(3)17-5-7-18(8-6-17)26-13-20-12-22-26/h5-9,11-15H,10H2,1-4H3,(H,23,27). The number of urea groups is 1. The van der Waals surface area contributed by atoms with E-state index >= 15 is 0 Å². The molecule has 0 aliphatic rings. The molecule has 0 fully saturated rings. The Kier molecular flexibility index (Phi) is 5.54. The quantitative estimate of drug-likeness (QED) is 0.726. The van der Waals surface area contributed by atoms with Crippen LogP contribution in [0.4, 0.5) is 4.79 Å². The van der Waals surface area contributed by atoms with Crippen LogP contribution in [-0.2, 0) is 6.54 Å². The summed E-state index contributed by atoms with van der Waals surface area (Å²) in [6, 6.07) is 7.94. The molecule has 2 heterocycles. The molecule has 2 amide bonds. The third-order valence-electron chi connectivity index (χ3n) is 4.37. The van der Waals surface area contributed by atoms with Gasteiger partial charge in [0.25, 0.3) is 0 Å². The van der Waals surface area contributed by atoms with Gasteiger partial charge in [0.05, 0.1) is 24.5 Å². The van der Waals surface area contributed by atoms with E-state index in [1.165, 1.54) is 6.33 Å². The summed E-state index contributed by atoms with van der Waals surface area (Å²) in [7, 11) is 1.78. The third kappa shape index (κ3) is 4.52. The summed E-state index contributed by atoms with van der Waals surface area (Å²) in [5.74, 6) is 0. The molecule has 27 heavy (non-hydrogen) atoms. The van der Waals surface area contributed by atoms with Gasteiger partial charge in [0, 0.05) is 24.8 Å². The van der Waals surface area contributed by atoms with Crippen molar-refractivity contribution >= 4 is 6.03 Å². The monoisotopic (exact) mass is 367 g/mol. The van der Waals surface area contributed by atoms with Crippen LogP contribution < -0.4 is 5.32 Å². The minimum atomic E-state index is -0.125. The maximum Gasteiger partial charge on any atom is 0.317 e. The Hall–Kier alpha value is -3.16. The number of nitrogens with one attached hydrogen (secondary N) is 1. The van der Waals surface area contributed by atoms with Crippen LogP contribution in [0.2, 0.25) is 0 Å². The first kappa shape index (κ1) is 18.6. The van der Waals surface area contributed by atoms with E-state index in [1.807, 2.05) is 42.1 Å². The number of carbonyl (C=O) groups excluding carboxylic acids is 1. The fourth-order valence-corrected chi connectivity index (χ4v) is 2.72. The SMILES string of the molecule is CC(NC(=O)N(C)Cc1cnn(C(C)C)c1)c1ccc(-n2cncn2)cc1. The predicted octanol–water partition coefficient (Wildman–Crippen LogP) is 2.95. The van der Waals surface area contributed by atoms with Gasteiger partial charge < -0.3 is 10.2 Å². The minimum absolute atomic E-state index is 0.108. The van der Waals surface area contributed by atoms with E-state index in [4.69, 9.17) is 0 Å². The van der Waals surface area contributed by atoms with Gasteiger partial charge in [-0.05, 0) is 38.5 Å². The molecule has 1 unspecified atom stereocenters. The van der Waals surface area contributed by atoms with E-state index in [0.29, 0.717) is 12.6 Å². The summed E-state index contributed by atoms with van der Waals surface area (Å²) in [5.41, 5.74) is 2.95. The van der Waals surface area contributed by atoms with E-state index in [0.717, 1.165) is 16.8 Å². The lowest BCUT2D eigenvalue weighted by Crippen LogP contribution is -2.38. The number of amides is 2. The smallest absolute Gasteiger partial charge is 0.317 e. The summed E-state index contributed by atoms with van der Waals surface area (Å²) < 4.78 is 3.58. The first-order valence-corrected chi connectivity index (χ1v) is 8.93. The zero-order valence-corrected chi connectivity index (χ0v) is 16.1. The van der Waals surface area contributed by atoms with E-state index in [1.54, 1.807) is 29.2 Å². The molecule has 8 heteroatoms. The number of carbonyl (C=O) groups is 1. The summed E-state index contributed by atoms with van der Waals surface area (Å²) in [6.07, 6.45) is 6.92. The summed E-state index contributed by atoms with van der Waals surface area (Å²) in [4.78, 5) is 18.1. The second-order valence-electron chi connectivity index (χ2n) is 6.88. The molecule has 3 aromatic rings. The largest absolute Gasteiger partial charge is 0.331 e. The number of nitrogens with zero attached hydrogens (tertiary/aromatic N) is 6. The molecular formula is C19H25N7O. The van der Waals surface area contributed by atoms with Crippen molar-refractivity contribution in [3.8, 4) is 5.69 Å². The van der Waals surface area contributed by atoms with Gasteiger partial charge in [-0.15, -0.1) is 0 Å². The Labute approximate surface area is 158 Å². The van der Waals surface area contributed by atoms with Crippen molar-refractivity contribution in [2.24, 2.45) is 0 Å². The molecule has 1 aromatic carbocycles. The molecule has 0 bridgehead atoms. The van der Waals surface area contributed by atoms with E-state index < -0.39 is 0 Å². The van der Waals surface area contributed by atoms with Gasteiger partial charge in [-0.25, -0.2) is 14.5 Å². The van der Waals surface area contributed by atoms with Gasteiger partial charge in [0.2, 0.25) is 0 Å². The lowest BCUT2D eigenvalue weighted by molar-refractivity contribution is 0.203. The second-order valence-corrected chi connectivity index (χ2v) is 6.88. The molecule has 2 aromatic heterocycles. The Morgan fingerprint density at radius 3 is 2.52 bits per heavy atom. The third-order valence-corrected chi connectivity index (χ3v) is 4.37. The second kappa shape index (κ2) is 8.03. The summed E-state index contributed by atoms with van der Waals surface area (Å²) in [6.45, 7) is 6.62. The molecule has 0 saturated carbocycles. The molecular weight excluding hydrogens is 342 g/mol. The van der Waals surface area contributed by atoms with Gasteiger partial charge in [-0.1, -0.05) is 12.1 Å². The average molecular weight is 367 g/mol. The van der Waals surface area contributed by atoms with E-state index in [9.17, 15) is 4.79 Å². The van der Waals surface area contributed by atoms with Crippen LogP contribution in [0.15, 0.2) is 49.3 Å². The van der Waals surface area contributed by atoms with Crippen molar-refractivity contribution in [2.45, 2.75) is 39.4 Å². The molecule has 142 valence electrons. The van der Waals surface area contributed by atoms with Crippen LogP contribution in [0, 0.1) is 0 Å². The predicted molar refractivity (Wildman–Crippen MR) is 102 cm³/mol. The molecule has 0 radical (unpaired) electrons. The molecule has 1 atom stereocenters. The Balaban J connectivity index is 1.57. The van der Waals surface area contributed by atoms with Crippen molar-refractivity contribution in [1.82, 2.24) is 34.8 Å². The highest BCUT2D eigenvalue weighted by atomic mass is 16.2. The van der Waals surface area contributed by atoms with Crippen LogP contribution in [0.25, 0.3) is 5.69 Å². The van der Waals surface area contributed by atoms with Crippen LogP contribution in [0.1, 0.15) is 44.0 Å². The Morgan fingerprint density at radius 2 is 1.93 bits per heavy atom. The van der Waals surface area contributed by atoms with Gasteiger partial charge in [0.15, 0.2) is 0 Å². The highest BCUT2D eigenvalue weighted by Gasteiger charge is 2.15. The topological polar surface area (TPSA) is 80.9 Å². The van der Waals surface area contributed by atoms with Crippen LogP contribution in [0.5, 0.6) is 0 Å². The molecule has 0 spiro atoms. The fourth-order valence-electron chi connectivity index (χ4n) is 2.72. The Morgan fingerprint density at radius 1 is 1.19 bits per heavy atom. The number of hydrogen-bond acceptors (Lipinski definition) is 4. The zero-order chi connectivity index (χ0) is 19.4. The summed E-state index contributed by atoms with van der Waals surface area (Å²) in [5, 5.41) is 11.4. The number of aromatic nitrogens is 5. The number of rotatable bonds is 6. The summed E-state index contributed by atoms with van der Waals surface area (Å²) >= 11 is 0. The molecule has 8 nitrogen and oxygen atoms in total. The fraction of sp³-hybridized carbons (Fsp3) is 0.368. The average Bonchev–Trinajstić information content (AvgIpc) is 3.33. The lowest BCUT2D eigenvalue weighted by Gasteiger charge is -2.21. The van der Waals surface area contributed by atoms with E-state index in [2.05, 4.69) is 34.3 Å². The molecule has 1 N–H and O–H groups in total. The molecule has 0 aliphatic carbocycles. The van der Waals surface area contributed by atoms with Gasteiger partial charge in [-0.3, -0.25) is 4.68 Å². The van der Waals surface area contributed by atoms with E-state index in [-0.39, 0.29) is 12.1 Å².